The van der Waals surface area contributed by atoms with Crippen LogP contribution in [0.1, 0.15) is 49.8 Å². The molecule has 206 valence electrons. The summed E-state index contributed by atoms with van der Waals surface area (Å²) in [6, 6.07) is 6.88. The third kappa shape index (κ3) is 7.59. The van der Waals surface area contributed by atoms with E-state index in [4.69, 9.17) is 21.6 Å². The van der Waals surface area contributed by atoms with E-state index in [-0.39, 0.29) is 35.5 Å². The summed E-state index contributed by atoms with van der Waals surface area (Å²) in [6.07, 6.45) is 4.02. The molecule has 0 bridgehead atoms. The molecule has 2 aromatic rings. The Kier molecular flexibility index (Phi) is 10.3. The number of carbonyl (C=O) groups is 1. The van der Waals surface area contributed by atoms with Crippen molar-refractivity contribution in [1.82, 2.24) is 4.90 Å². The number of nitrogens with two attached hydrogens (primary N) is 2. The third-order valence-electron chi connectivity index (χ3n) is 6.33. The first-order chi connectivity index (χ1) is 18.1. The monoisotopic (exact) mass is 548 g/mol. The summed E-state index contributed by atoms with van der Waals surface area (Å²) < 4.78 is 56.3. The number of likely N-dealkylation sites (N-methyl/N-ethyl adjacent to an activating group) is 1. The average molecular weight is 549 g/mol. The summed E-state index contributed by atoms with van der Waals surface area (Å²) >= 11 is -2.39. The van der Waals surface area contributed by atoms with E-state index in [0.29, 0.717) is 29.4 Å². The first kappa shape index (κ1) is 29.2. The number of carbonyl (C=O) groups excluding carboxylic acids is 1. The van der Waals surface area contributed by atoms with E-state index in [1.54, 1.807) is 30.0 Å². The number of anilines is 2. The SMILES string of the molecule is CCN(CC(N)c1cccc(N)c1CS(=O)[O-])C(C=N)=C(OC1CCCC1)C(=O)Nc1cc(F)cc(F)c1. The van der Waals surface area contributed by atoms with E-state index in [9.17, 15) is 22.3 Å². The molecule has 0 aliphatic heterocycles. The molecule has 2 atom stereocenters. The molecule has 1 aliphatic rings. The van der Waals surface area contributed by atoms with Crippen molar-refractivity contribution >= 4 is 34.6 Å². The number of hydrogen-bond donors (Lipinski definition) is 4. The smallest absolute Gasteiger partial charge is 0.293 e. The zero-order valence-corrected chi connectivity index (χ0v) is 21.9. The predicted molar refractivity (Wildman–Crippen MR) is 142 cm³/mol. The van der Waals surface area contributed by atoms with Gasteiger partial charge in [0, 0.05) is 48.5 Å². The van der Waals surface area contributed by atoms with Crippen molar-refractivity contribution in [2.45, 2.75) is 50.5 Å². The number of halogens is 2. The summed E-state index contributed by atoms with van der Waals surface area (Å²) in [5.41, 5.74) is 13.7. The van der Waals surface area contributed by atoms with Crippen LogP contribution in [-0.2, 0) is 26.4 Å². The van der Waals surface area contributed by atoms with Gasteiger partial charge in [-0.2, -0.15) is 0 Å². The minimum atomic E-state index is -2.39. The molecule has 1 aliphatic carbocycles. The number of hydrogen-bond acceptors (Lipinski definition) is 8. The van der Waals surface area contributed by atoms with Crippen molar-refractivity contribution in [1.29, 1.82) is 5.41 Å². The molecular formula is C26H32F2N5O4S-. The zero-order valence-electron chi connectivity index (χ0n) is 21.0. The van der Waals surface area contributed by atoms with Crippen molar-refractivity contribution < 1.29 is 27.1 Å². The summed E-state index contributed by atoms with van der Waals surface area (Å²) in [6.45, 7) is 2.22. The molecule has 38 heavy (non-hydrogen) atoms. The normalized spacial score (nSPS) is 15.9. The molecule has 1 fully saturated rings. The van der Waals surface area contributed by atoms with Crippen LogP contribution >= 0.6 is 0 Å². The summed E-state index contributed by atoms with van der Waals surface area (Å²) in [5, 5.41) is 10.6. The van der Waals surface area contributed by atoms with Crippen LogP contribution in [0.3, 0.4) is 0 Å². The van der Waals surface area contributed by atoms with Gasteiger partial charge in [0.15, 0.2) is 0 Å². The highest BCUT2D eigenvalue weighted by molar-refractivity contribution is 7.78. The number of allylic oxidation sites excluding steroid dienone is 1. The summed E-state index contributed by atoms with van der Waals surface area (Å²) in [5.74, 6) is -2.95. The molecule has 9 nitrogen and oxygen atoms in total. The number of nitrogens with zero attached hydrogens (tertiary/aromatic N) is 1. The topological polar surface area (TPSA) is 158 Å². The molecule has 0 heterocycles. The third-order valence-corrected chi connectivity index (χ3v) is 6.86. The van der Waals surface area contributed by atoms with Gasteiger partial charge in [0.1, 0.15) is 17.3 Å². The Labute approximate surface area is 223 Å². The van der Waals surface area contributed by atoms with E-state index >= 15 is 0 Å². The fourth-order valence-corrected chi connectivity index (χ4v) is 5.08. The van der Waals surface area contributed by atoms with Crippen LogP contribution in [0.4, 0.5) is 20.2 Å². The Hall–Kier alpha value is -3.35. The van der Waals surface area contributed by atoms with Gasteiger partial charge < -0.3 is 36.4 Å². The first-order valence-corrected chi connectivity index (χ1v) is 13.5. The van der Waals surface area contributed by atoms with Crippen molar-refractivity contribution in [3.05, 3.63) is 70.6 Å². The van der Waals surface area contributed by atoms with Crippen molar-refractivity contribution in [3.8, 4) is 0 Å². The van der Waals surface area contributed by atoms with Crippen LogP contribution in [-0.4, -0.2) is 45.0 Å². The molecule has 1 amide bonds. The minimum absolute atomic E-state index is 0.0980. The largest absolute Gasteiger partial charge is 0.772 e. The van der Waals surface area contributed by atoms with Crippen molar-refractivity contribution in [2.24, 2.45) is 5.73 Å². The molecule has 2 aromatic carbocycles. The summed E-state index contributed by atoms with van der Waals surface area (Å²) in [7, 11) is 0. The number of nitrogens with one attached hydrogen (secondary N) is 2. The molecule has 3 rings (SSSR count). The first-order valence-electron chi connectivity index (χ1n) is 12.2. The van der Waals surface area contributed by atoms with Gasteiger partial charge in [0.25, 0.3) is 5.91 Å². The van der Waals surface area contributed by atoms with Gasteiger partial charge in [0.05, 0.1) is 6.10 Å². The van der Waals surface area contributed by atoms with Crippen molar-refractivity contribution in [2.75, 3.05) is 24.1 Å². The zero-order chi connectivity index (χ0) is 27.8. The van der Waals surface area contributed by atoms with Gasteiger partial charge in [-0.1, -0.05) is 23.2 Å². The fourth-order valence-electron chi connectivity index (χ4n) is 4.51. The highest BCUT2D eigenvalue weighted by atomic mass is 32.2. The van der Waals surface area contributed by atoms with Gasteiger partial charge >= 0.3 is 0 Å². The second-order valence-corrected chi connectivity index (χ2v) is 9.90. The maximum absolute atomic E-state index is 13.7. The second-order valence-electron chi connectivity index (χ2n) is 9.00. The maximum Gasteiger partial charge on any atom is 0.293 e. The Morgan fingerprint density at radius 1 is 1.29 bits per heavy atom. The van der Waals surface area contributed by atoms with Crippen LogP contribution in [0.15, 0.2) is 47.9 Å². The van der Waals surface area contributed by atoms with Gasteiger partial charge in [-0.15, -0.1) is 0 Å². The van der Waals surface area contributed by atoms with Crippen molar-refractivity contribution in [3.63, 3.8) is 0 Å². The predicted octanol–water partition coefficient (Wildman–Crippen LogP) is 3.71. The Balaban J connectivity index is 1.96. The highest BCUT2D eigenvalue weighted by Gasteiger charge is 2.27. The molecule has 0 aromatic heterocycles. The van der Waals surface area contributed by atoms with Crippen LogP contribution in [0.25, 0.3) is 0 Å². The minimum Gasteiger partial charge on any atom is -0.772 e. The van der Waals surface area contributed by atoms with Gasteiger partial charge in [-0.05, 0) is 61.9 Å². The fraction of sp³-hybridized carbons (Fsp3) is 0.385. The lowest BCUT2D eigenvalue weighted by Crippen LogP contribution is -2.36. The molecule has 0 spiro atoms. The molecule has 12 heteroatoms. The van der Waals surface area contributed by atoms with E-state index in [0.717, 1.165) is 44.0 Å². The lowest BCUT2D eigenvalue weighted by atomic mass is 9.99. The summed E-state index contributed by atoms with van der Waals surface area (Å²) in [4.78, 5) is 15.0. The number of nitrogen functional groups attached to an aromatic ring is 1. The molecule has 2 unspecified atom stereocenters. The Morgan fingerprint density at radius 2 is 1.95 bits per heavy atom. The molecule has 0 radical (unpaired) electrons. The molecule has 0 saturated heterocycles. The van der Waals surface area contributed by atoms with E-state index in [1.807, 2.05) is 0 Å². The average Bonchev–Trinajstić information content (AvgIpc) is 3.36. The van der Waals surface area contributed by atoms with Crippen LogP contribution in [0.2, 0.25) is 0 Å². The number of rotatable bonds is 12. The maximum atomic E-state index is 13.7. The lowest BCUT2D eigenvalue weighted by Gasteiger charge is -2.30. The van der Waals surface area contributed by atoms with Crippen LogP contribution < -0.4 is 16.8 Å². The van der Waals surface area contributed by atoms with Gasteiger partial charge in [-0.25, -0.2) is 8.78 Å². The van der Waals surface area contributed by atoms with Gasteiger partial charge in [-0.3, -0.25) is 9.00 Å². The molecule has 6 N–H and O–H groups in total. The standard InChI is InChI=1S/C26H33F2N5O4S/c1-2-33(14-23(31)20-8-5-9-22(30)21(20)15-38(35)36)24(13-29)25(37-19-6-3-4-7-19)26(34)32-18-11-16(27)10-17(28)12-18/h5,8-13,19,23,29H,2-4,6-7,14-15,30-31H2,1H3,(H,32,34)(H,35,36)/p-1. The van der Waals surface area contributed by atoms with Gasteiger partial charge in [0.2, 0.25) is 5.76 Å². The molecule has 1 saturated carbocycles. The quantitative estimate of drug-likeness (QED) is 0.103. The van der Waals surface area contributed by atoms with E-state index < -0.39 is 34.7 Å². The second kappa shape index (κ2) is 13.4. The van der Waals surface area contributed by atoms with Crippen LogP contribution in [0.5, 0.6) is 0 Å². The van der Waals surface area contributed by atoms with E-state index in [1.165, 1.54) is 0 Å². The Bertz CT molecular complexity index is 1200. The highest BCUT2D eigenvalue weighted by Crippen LogP contribution is 2.28. The van der Waals surface area contributed by atoms with Crippen LogP contribution in [0, 0.1) is 17.0 Å². The molecular weight excluding hydrogens is 516 g/mol. The number of benzene rings is 2. The lowest BCUT2D eigenvalue weighted by molar-refractivity contribution is -0.117. The number of amides is 1. The van der Waals surface area contributed by atoms with E-state index in [2.05, 4.69) is 5.32 Å². The Morgan fingerprint density at radius 3 is 2.53 bits per heavy atom. The number of ether oxygens (including phenoxy) is 1.